The SMILES string of the molecule is CCCCC(NC(=O)CCC(=O)Nc1cccc2ccccc12)C(=O)O. The topological polar surface area (TPSA) is 95.5 Å². The van der Waals surface area contributed by atoms with Gasteiger partial charge in [0.2, 0.25) is 11.8 Å². The highest BCUT2D eigenvalue weighted by Gasteiger charge is 2.19. The zero-order valence-electron chi connectivity index (χ0n) is 14.8. The molecule has 2 rings (SSSR count). The highest BCUT2D eigenvalue weighted by atomic mass is 16.4. The van der Waals surface area contributed by atoms with E-state index in [1.54, 1.807) is 0 Å². The molecule has 3 N–H and O–H groups in total. The Kier molecular flexibility index (Phi) is 7.14. The maximum absolute atomic E-state index is 12.1. The van der Waals surface area contributed by atoms with Crippen molar-refractivity contribution in [2.24, 2.45) is 0 Å². The summed E-state index contributed by atoms with van der Waals surface area (Å²) in [7, 11) is 0. The van der Waals surface area contributed by atoms with E-state index in [4.69, 9.17) is 5.11 Å². The molecule has 1 atom stereocenters. The van der Waals surface area contributed by atoms with Crippen LogP contribution < -0.4 is 10.6 Å². The van der Waals surface area contributed by atoms with Crippen molar-refractivity contribution in [2.75, 3.05) is 5.32 Å². The molecule has 2 aromatic rings. The number of carboxylic acids is 1. The van der Waals surface area contributed by atoms with Gasteiger partial charge in [0.05, 0.1) is 0 Å². The van der Waals surface area contributed by atoms with E-state index in [-0.39, 0.29) is 18.7 Å². The smallest absolute Gasteiger partial charge is 0.326 e. The molecule has 0 fully saturated rings. The number of benzene rings is 2. The fourth-order valence-corrected chi connectivity index (χ4v) is 2.71. The number of carbonyl (C=O) groups excluding carboxylic acids is 2. The zero-order chi connectivity index (χ0) is 18.9. The molecule has 26 heavy (non-hydrogen) atoms. The molecule has 6 heteroatoms. The van der Waals surface area contributed by atoms with E-state index in [1.807, 2.05) is 49.4 Å². The number of hydrogen-bond acceptors (Lipinski definition) is 3. The van der Waals surface area contributed by atoms with Gasteiger partial charge in [0.1, 0.15) is 6.04 Å². The highest BCUT2D eigenvalue weighted by Crippen LogP contribution is 2.23. The van der Waals surface area contributed by atoms with Gasteiger partial charge >= 0.3 is 5.97 Å². The normalized spacial score (nSPS) is 11.7. The van der Waals surface area contributed by atoms with Crippen LogP contribution in [0.5, 0.6) is 0 Å². The summed E-state index contributed by atoms with van der Waals surface area (Å²) in [4.78, 5) is 35.2. The lowest BCUT2D eigenvalue weighted by molar-refractivity contribution is -0.142. The van der Waals surface area contributed by atoms with Crippen LogP contribution in [0.4, 0.5) is 5.69 Å². The first kappa shape index (κ1) is 19.4. The molecule has 0 saturated carbocycles. The van der Waals surface area contributed by atoms with Gasteiger partial charge in [0, 0.05) is 23.9 Å². The van der Waals surface area contributed by atoms with Crippen molar-refractivity contribution in [3.63, 3.8) is 0 Å². The van der Waals surface area contributed by atoms with Gasteiger partial charge in [-0.05, 0) is 17.9 Å². The molecule has 0 aromatic heterocycles. The van der Waals surface area contributed by atoms with Crippen LogP contribution in [0.1, 0.15) is 39.0 Å². The maximum Gasteiger partial charge on any atom is 0.326 e. The summed E-state index contributed by atoms with van der Waals surface area (Å²) in [5, 5.41) is 16.4. The van der Waals surface area contributed by atoms with Gasteiger partial charge in [0.25, 0.3) is 0 Å². The minimum Gasteiger partial charge on any atom is -0.480 e. The second-order valence-electron chi connectivity index (χ2n) is 6.18. The Bertz CT molecular complexity index is 783. The zero-order valence-corrected chi connectivity index (χ0v) is 14.8. The lowest BCUT2D eigenvalue weighted by atomic mass is 10.1. The number of hydrogen-bond donors (Lipinski definition) is 3. The van der Waals surface area contributed by atoms with Crippen LogP contribution in [0, 0.1) is 0 Å². The number of anilines is 1. The fourth-order valence-electron chi connectivity index (χ4n) is 2.71. The summed E-state index contributed by atoms with van der Waals surface area (Å²) in [5.41, 5.74) is 0.694. The Morgan fingerprint density at radius 1 is 1.00 bits per heavy atom. The Morgan fingerprint density at radius 3 is 2.42 bits per heavy atom. The van der Waals surface area contributed by atoms with Crippen LogP contribution >= 0.6 is 0 Å². The van der Waals surface area contributed by atoms with Gasteiger partial charge in [-0.15, -0.1) is 0 Å². The van der Waals surface area contributed by atoms with Crippen molar-refractivity contribution in [1.29, 1.82) is 0 Å². The third-order valence-corrected chi connectivity index (χ3v) is 4.12. The van der Waals surface area contributed by atoms with Crippen molar-refractivity contribution in [3.05, 3.63) is 42.5 Å². The maximum atomic E-state index is 12.1. The average molecular weight is 356 g/mol. The predicted octanol–water partition coefficient (Wildman–Crippen LogP) is 3.32. The number of fused-ring (bicyclic) bond motifs is 1. The van der Waals surface area contributed by atoms with Gasteiger partial charge < -0.3 is 15.7 Å². The van der Waals surface area contributed by atoms with Crippen molar-refractivity contribution < 1.29 is 19.5 Å². The van der Waals surface area contributed by atoms with Gasteiger partial charge in [-0.25, -0.2) is 4.79 Å². The largest absolute Gasteiger partial charge is 0.480 e. The fraction of sp³-hybridized carbons (Fsp3) is 0.350. The molecule has 2 aromatic carbocycles. The first-order chi connectivity index (χ1) is 12.5. The molecule has 0 bridgehead atoms. The molecule has 0 aliphatic rings. The molecule has 1 unspecified atom stereocenters. The summed E-state index contributed by atoms with van der Waals surface area (Å²) in [6.07, 6.45) is 1.91. The van der Waals surface area contributed by atoms with Gasteiger partial charge in [-0.2, -0.15) is 0 Å². The van der Waals surface area contributed by atoms with E-state index in [0.717, 1.165) is 23.6 Å². The van der Waals surface area contributed by atoms with E-state index in [1.165, 1.54) is 0 Å². The molecule has 0 saturated heterocycles. The predicted molar refractivity (Wildman–Crippen MR) is 101 cm³/mol. The molecule has 6 nitrogen and oxygen atoms in total. The lowest BCUT2D eigenvalue weighted by Gasteiger charge is -2.14. The van der Waals surface area contributed by atoms with Crippen molar-refractivity contribution in [2.45, 2.75) is 45.1 Å². The minimum absolute atomic E-state index is 0.00479. The summed E-state index contributed by atoms with van der Waals surface area (Å²) in [6, 6.07) is 12.4. The van der Waals surface area contributed by atoms with Gasteiger partial charge in [0.15, 0.2) is 0 Å². The van der Waals surface area contributed by atoms with Crippen molar-refractivity contribution in [3.8, 4) is 0 Å². The molecule has 138 valence electrons. The van der Waals surface area contributed by atoms with Crippen LogP contribution in [0.2, 0.25) is 0 Å². The van der Waals surface area contributed by atoms with Crippen LogP contribution in [0.25, 0.3) is 10.8 Å². The Hall–Kier alpha value is -2.89. The first-order valence-electron chi connectivity index (χ1n) is 8.81. The van der Waals surface area contributed by atoms with Crippen LogP contribution in [0.3, 0.4) is 0 Å². The Balaban J connectivity index is 1.87. The quantitative estimate of drug-likeness (QED) is 0.642. The van der Waals surface area contributed by atoms with Crippen LogP contribution in [-0.4, -0.2) is 28.9 Å². The molecular weight excluding hydrogens is 332 g/mol. The minimum atomic E-state index is -1.05. The van der Waals surface area contributed by atoms with E-state index in [9.17, 15) is 14.4 Å². The van der Waals surface area contributed by atoms with Crippen molar-refractivity contribution in [1.82, 2.24) is 5.32 Å². The van der Waals surface area contributed by atoms with Crippen molar-refractivity contribution >= 4 is 34.2 Å². The van der Waals surface area contributed by atoms with Gasteiger partial charge in [-0.1, -0.05) is 56.2 Å². The molecule has 0 spiro atoms. The monoisotopic (exact) mass is 356 g/mol. The van der Waals surface area contributed by atoms with E-state index in [2.05, 4.69) is 10.6 Å². The van der Waals surface area contributed by atoms with Crippen LogP contribution in [-0.2, 0) is 14.4 Å². The number of nitrogens with one attached hydrogen (secondary N) is 2. The number of amides is 2. The molecule has 0 heterocycles. The number of carboxylic acid groups (broad SMARTS) is 1. The third-order valence-electron chi connectivity index (χ3n) is 4.12. The first-order valence-corrected chi connectivity index (χ1v) is 8.81. The number of carbonyl (C=O) groups is 3. The number of rotatable bonds is 9. The van der Waals surface area contributed by atoms with E-state index in [0.29, 0.717) is 12.1 Å². The third kappa shape index (κ3) is 5.58. The standard InChI is InChI=1S/C20H24N2O4/c1-2-3-10-17(20(25)26)22-19(24)13-12-18(23)21-16-11-6-8-14-7-4-5-9-15(14)16/h4-9,11,17H,2-3,10,12-13H2,1H3,(H,21,23)(H,22,24)(H,25,26). The lowest BCUT2D eigenvalue weighted by Crippen LogP contribution is -2.40. The van der Waals surface area contributed by atoms with Gasteiger partial charge in [-0.3, -0.25) is 9.59 Å². The summed E-state index contributed by atoms with van der Waals surface area (Å²) < 4.78 is 0. The van der Waals surface area contributed by atoms with E-state index < -0.39 is 17.9 Å². The molecule has 2 amide bonds. The summed E-state index contributed by atoms with van der Waals surface area (Å²) in [6.45, 7) is 1.96. The number of aliphatic carboxylic acids is 1. The number of unbranched alkanes of at least 4 members (excludes halogenated alkanes) is 1. The molecule has 0 radical (unpaired) electrons. The summed E-state index contributed by atoms with van der Waals surface area (Å²) in [5.74, 6) is -1.76. The highest BCUT2D eigenvalue weighted by molar-refractivity contribution is 6.02. The second-order valence-corrected chi connectivity index (χ2v) is 6.18. The molecule has 0 aliphatic heterocycles. The molecular formula is C20H24N2O4. The molecule has 0 aliphatic carbocycles. The Labute approximate surface area is 152 Å². The Morgan fingerprint density at radius 2 is 1.69 bits per heavy atom. The summed E-state index contributed by atoms with van der Waals surface area (Å²) >= 11 is 0. The average Bonchev–Trinajstić information content (AvgIpc) is 2.63. The second kappa shape index (κ2) is 9.56. The van der Waals surface area contributed by atoms with Crippen LogP contribution in [0.15, 0.2) is 42.5 Å². The van der Waals surface area contributed by atoms with E-state index >= 15 is 0 Å².